The Labute approximate surface area is 129 Å². The molecule has 0 aliphatic rings. The van der Waals surface area contributed by atoms with Gasteiger partial charge in [-0.2, -0.15) is 0 Å². The predicted molar refractivity (Wildman–Crippen MR) is 86.2 cm³/mol. The number of aryl methyl sites for hydroxylation is 1. The van der Waals surface area contributed by atoms with Crippen LogP contribution in [0.25, 0.3) is 0 Å². The first-order valence-electron chi connectivity index (χ1n) is 6.58. The minimum Gasteiger partial charge on any atom is -0.337 e. The molecule has 4 nitrogen and oxygen atoms in total. The van der Waals surface area contributed by atoms with E-state index < -0.39 is 0 Å². The number of rotatable bonds is 4. The van der Waals surface area contributed by atoms with E-state index in [-0.39, 0.29) is 5.91 Å². The number of hydrogen-bond acceptors (Lipinski definition) is 3. The SMILES string of the molecule is Cc1cc(C(=O)N(C)Cc2cccc(Cl)c2)ccc1NN. The van der Waals surface area contributed by atoms with E-state index in [2.05, 4.69) is 5.43 Å². The Balaban J connectivity index is 2.14. The van der Waals surface area contributed by atoms with Gasteiger partial charge in [0.25, 0.3) is 5.91 Å². The second kappa shape index (κ2) is 6.61. The fourth-order valence-electron chi connectivity index (χ4n) is 2.16. The van der Waals surface area contributed by atoms with Crippen molar-refractivity contribution in [3.05, 3.63) is 64.2 Å². The van der Waals surface area contributed by atoms with Crippen molar-refractivity contribution in [2.75, 3.05) is 12.5 Å². The van der Waals surface area contributed by atoms with Crippen molar-refractivity contribution in [3.63, 3.8) is 0 Å². The summed E-state index contributed by atoms with van der Waals surface area (Å²) in [6, 6.07) is 12.9. The average Bonchev–Trinajstić information content (AvgIpc) is 2.46. The molecule has 0 radical (unpaired) electrons. The molecule has 3 N–H and O–H groups in total. The van der Waals surface area contributed by atoms with Gasteiger partial charge in [0.1, 0.15) is 0 Å². The van der Waals surface area contributed by atoms with Gasteiger partial charge in [0.15, 0.2) is 0 Å². The zero-order valence-electron chi connectivity index (χ0n) is 12.1. The molecule has 2 aromatic carbocycles. The number of benzene rings is 2. The molecule has 2 rings (SSSR count). The van der Waals surface area contributed by atoms with Gasteiger partial charge in [-0.05, 0) is 48.4 Å². The first-order valence-corrected chi connectivity index (χ1v) is 6.96. The van der Waals surface area contributed by atoms with Crippen LogP contribution in [0.5, 0.6) is 0 Å². The van der Waals surface area contributed by atoms with Crippen molar-refractivity contribution < 1.29 is 4.79 Å². The van der Waals surface area contributed by atoms with E-state index in [1.54, 1.807) is 24.1 Å². The number of nitrogens with zero attached hydrogens (tertiary/aromatic N) is 1. The molecule has 0 spiro atoms. The third-order valence-corrected chi connectivity index (χ3v) is 3.52. The van der Waals surface area contributed by atoms with Gasteiger partial charge in [-0.3, -0.25) is 10.6 Å². The number of halogens is 1. The number of nitrogen functional groups attached to an aromatic ring is 1. The number of carbonyl (C=O) groups excluding carboxylic acids is 1. The summed E-state index contributed by atoms with van der Waals surface area (Å²) in [7, 11) is 1.77. The minimum absolute atomic E-state index is 0.0401. The van der Waals surface area contributed by atoms with Gasteiger partial charge in [-0.1, -0.05) is 23.7 Å². The third kappa shape index (κ3) is 3.74. The van der Waals surface area contributed by atoms with Crippen molar-refractivity contribution in [3.8, 4) is 0 Å². The molecule has 21 heavy (non-hydrogen) atoms. The van der Waals surface area contributed by atoms with E-state index in [1.807, 2.05) is 37.3 Å². The van der Waals surface area contributed by atoms with E-state index >= 15 is 0 Å². The number of hydrazine groups is 1. The number of carbonyl (C=O) groups is 1. The van der Waals surface area contributed by atoms with Crippen LogP contribution in [0.3, 0.4) is 0 Å². The summed E-state index contributed by atoms with van der Waals surface area (Å²) < 4.78 is 0. The van der Waals surface area contributed by atoms with Crippen LogP contribution in [-0.4, -0.2) is 17.9 Å². The Morgan fingerprint density at radius 2 is 2.05 bits per heavy atom. The normalized spacial score (nSPS) is 10.3. The molecule has 0 fully saturated rings. The number of amides is 1. The van der Waals surface area contributed by atoms with E-state index in [9.17, 15) is 4.79 Å². The van der Waals surface area contributed by atoms with Gasteiger partial charge in [0.05, 0.1) is 5.69 Å². The number of hydrogen-bond donors (Lipinski definition) is 2. The fraction of sp³-hybridized carbons (Fsp3) is 0.188. The predicted octanol–water partition coefficient (Wildman–Crippen LogP) is 3.21. The largest absolute Gasteiger partial charge is 0.337 e. The summed E-state index contributed by atoms with van der Waals surface area (Å²) in [4.78, 5) is 14.1. The van der Waals surface area contributed by atoms with Crippen LogP contribution in [0.1, 0.15) is 21.5 Å². The third-order valence-electron chi connectivity index (χ3n) is 3.28. The van der Waals surface area contributed by atoms with Gasteiger partial charge < -0.3 is 10.3 Å². The Morgan fingerprint density at radius 1 is 1.29 bits per heavy atom. The Hall–Kier alpha value is -2.04. The fourth-order valence-corrected chi connectivity index (χ4v) is 2.37. The first kappa shape index (κ1) is 15.4. The molecular weight excluding hydrogens is 286 g/mol. The zero-order valence-corrected chi connectivity index (χ0v) is 12.8. The highest BCUT2D eigenvalue weighted by Gasteiger charge is 2.13. The lowest BCUT2D eigenvalue weighted by Gasteiger charge is -2.18. The van der Waals surface area contributed by atoms with Crippen LogP contribution >= 0.6 is 11.6 Å². The van der Waals surface area contributed by atoms with Gasteiger partial charge in [-0.15, -0.1) is 0 Å². The van der Waals surface area contributed by atoms with Crippen molar-refractivity contribution in [1.82, 2.24) is 4.90 Å². The lowest BCUT2D eigenvalue weighted by atomic mass is 10.1. The van der Waals surface area contributed by atoms with Gasteiger partial charge in [-0.25, -0.2) is 0 Å². The zero-order chi connectivity index (χ0) is 15.4. The highest BCUT2D eigenvalue weighted by molar-refractivity contribution is 6.30. The molecule has 0 aromatic heterocycles. The molecule has 0 unspecified atom stereocenters. The van der Waals surface area contributed by atoms with Crippen LogP contribution in [0.2, 0.25) is 5.02 Å². The molecule has 0 atom stereocenters. The monoisotopic (exact) mass is 303 g/mol. The summed E-state index contributed by atoms with van der Waals surface area (Å²) >= 11 is 5.96. The molecule has 0 aliphatic carbocycles. The van der Waals surface area contributed by atoms with Crippen molar-refractivity contribution >= 4 is 23.2 Å². The molecule has 0 heterocycles. The lowest BCUT2D eigenvalue weighted by Crippen LogP contribution is -2.26. The summed E-state index contributed by atoms with van der Waals surface area (Å²) in [5, 5.41) is 0.669. The molecule has 2 aromatic rings. The average molecular weight is 304 g/mol. The molecule has 0 saturated carbocycles. The molecule has 5 heteroatoms. The van der Waals surface area contributed by atoms with Crippen LogP contribution in [0.15, 0.2) is 42.5 Å². The van der Waals surface area contributed by atoms with Crippen LogP contribution in [-0.2, 0) is 6.54 Å². The van der Waals surface area contributed by atoms with Crippen molar-refractivity contribution in [2.45, 2.75) is 13.5 Å². The first-order chi connectivity index (χ1) is 10.0. The van der Waals surface area contributed by atoms with Gasteiger partial charge in [0.2, 0.25) is 0 Å². The van der Waals surface area contributed by atoms with Crippen molar-refractivity contribution in [2.24, 2.45) is 5.84 Å². The maximum Gasteiger partial charge on any atom is 0.253 e. The number of anilines is 1. The second-order valence-corrected chi connectivity index (χ2v) is 5.40. The molecule has 1 amide bonds. The quantitative estimate of drug-likeness (QED) is 0.673. The van der Waals surface area contributed by atoms with Gasteiger partial charge >= 0.3 is 0 Å². The second-order valence-electron chi connectivity index (χ2n) is 4.97. The highest BCUT2D eigenvalue weighted by atomic mass is 35.5. The summed E-state index contributed by atoms with van der Waals surface area (Å²) in [5.41, 5.74) is 5.97. The smallest absolute Gasteiger partial charge is 0.253 e. The molecular formula is C16H18ClN3O. The molecule has 0 saturated heterocycles. The number of nitrogens with one attached hydrogen (secondary N) is 1. The lowest BCUT2D eigenvalue weighted by molar-refractivity contribution is 0.0785. The maximum absolute atomic E-state index is 12.4. The van der Waals surface area contributed by atoms with E-state index in [4.69, 9.17) is 17.4 Å². The summed E-state index contributed by atoms with van der Waals surface area (Å²) in [5.74, 6) is 5.35. The van der Waals surface area contributed by atoms with E-state index in [1.165, 1.54) is 0 Å². The molecule has 110 valence electrons. The standard InChI is InChI=1S/C16H18ClN3O/c1-11-8-13(6-7-15(11)19-18)16(21)20(2)10-12-4-3-5-14(17)9-12/h3-9,19H,10,18H2,1-2H3. The van der Waals surface area contributed by atoms with Crippen molar-refractivity contribution in [1.29, 1.82) is 0 Å². The summed E-state index contributed by atoms with van der Waals surface area (Å²) in [6.07, 6.45) is 0. The minimum atomic E-state index is -0.0401. The molecule has 0 aliphatic heterocycles. The Bertz CT molecular complexity index is 658. The molecule has 0 bridgehead atoms. The maximum atomic E-state index is 12.4. The summed E-state index contributed by atoms with van der Waals surface area (Å²) in [6.45, 7) is 2.41. The van der Waals surface area contributed by atoms with Crippen LogP contribution in [0.4, 0.5) is 5.69 Å². The van der Waals surface area contributed by atoms with Crippen LogP contribution < -0.4 is 11.3 Å². The van der Waals surface area contributed by atoms with Gasteiger partial charge in [0, 0.05) is 24.2 Å². The highest BCUT2D eigenvalue weighted by Crippen LogP contribution is 2.18. The Morgan fingerprint density at radius 3 is 2.67 bits per heavy atom. The number of nitrogens with two attached hydrogens (primary N) is 1. The van der Waals surface area contributed by atoms with Crippen LogP contribution in [0, 0.1) is 6.92 Å². The topological polar surface area (TPSA) is 58.4 Å². The van der Waals surface area contributed by atoms with E-state index in [0.29, 0.717) is 17.1 Å². The Kier molecular flexibility index (Phi) is 4.83. The van der Waals surface area contributed by atoms with E-state index in [0.717, 1.165) is 16.8 Å².